The highest BCUT2D eigenvalue weighted by Crippen LogP contribution is 2.31. The highest BCUT2D eigenvalue weighted by atomic mass is 15.2. The molecule has 1 aromatic heterocycles. The Kier molecular flexibility index (Phi) is 4.59. The van der Waals surface area contributed by atoms with Gasteiger partial charge in [0.05, 0.1) is 0 Å². The van der Waals surface area contributed by atoms with Crippen LogP contribution in [-0.4, -0.2) is 24.1 Å². The summed E-state index contributed by atoms with van der Waals surface area (Å²) >= 11 is 0. The molecule has 18 heavy (non-hydrogen) atoms. The van der Waals surface area contributed by atoms with Gasteiger partial charge in [0, 0.05) is 24.8 Å². The second-order valence-corrected chi connectivity index (χ2v) is 5.12. The van der Waals surface area contributed by atoms with Crippen LogP contribution in [-0.2, 0) is 6.54 Å². The van der Waals surface area contributed by atoms with Crippen LogP contribution in [0.25, 0.3) is 0 Å². The predicted octanol–water partition coefficient (Wildman–Crippen LogP) is 2.88. The zero-order chi connectivity index (χ0) is 13.0. The molecular formula is C15H25N3. The third-order valence-electron chi connectivity index (χ3n) is 3.49. The van der Waals surface area contributed by atoms with Gasteiger partial charge >= 0.3 is 0 Å². The molecule has 1 N–H and O–H groups in total. The smallest absolute Gasteiger partial charge is 0.129 e. The van der Waals surface area contributed by atoms with Crippen LogP contribution >= 0.6 is 0 Å². The Bertz CT molecular complexity index is 385. The zero-order valence-corrected chi connectivity index (χ0v) is 11.9. The largest absolute Gasteiger partial charge is 0.354 e. The van der Waals surface area contributed by atoms with Crippen molar-refractivity contribution in [2.24, 2.45) is 0 Å². The van der Waals surface area contributed by atoms with Gasteiger partial charge in [-0.1, -0.05) is 19.9 Å². The van der Waals surface area contributed by atoms with Gasteiger partial charge in [0.1, 0.15) is 5.82 Å². The molecule has 0 bridgehead atoms. The summed E-state index contributed by atoms with van der Waals surface area (Å²) in [6, 6.07) is 5.16. The molecule has 1 heterocycles. The lowest BCUT2D eigenvalue weighted by Gasteiger charge is -2.23. The van der Waals surface area contributed by atoms with Gasteiger partial charge in [-0.25, -0.2) is 4.98 Å². The van der Waals surface area contributed by atoms with Crippen LogP contribution in [0.15, 0.2) is 12.1 Å². The molecule has 1 fully saturated rings. The molecule has 0 radical (unpaired) electrons. The number of pyridine rings is 1. The van der Waals surface area contributed by atoms with E-state index in [4.69, 9.17) is 4.98 Å². The summed E-state index contributed by atoms with van der Waals surface area (Å²) in [6.45, 7) is 9.55. The summed E-state index contributed by atoms with van der Waals surface area (Å²) in [5.74, 6) is 1.16. The van der Waals surface area contributed by atoms with Gasteiger partial charge in [0.25, 0.3) is 0 Å². The zero-order valence-electron chi connectivity index (χ0n) is 11.9. The fourth-order valence-corrected chi connectivity index (χ4v) is 2.29. The monoisotopic (exact) mass is 247 g/mol. The van der Waals surface area contributed by atoms with Crippen LogP contribution in [0.2, 0.25) is 0 Å². The second-order valence-electron chi connectivity index (χ2n) is 5.12. The van der Waals surface area contributed by atoms with Crippen LogP contribution < -0.4 is 10.2 Å². The van der Waals surface area contributed by atoms with Crippen molar-refractivity contribution < 1.29 is 0 Å². The summed E-state index contributed by atoms with van der Waals surface area (Å²) in [5, 5.41) is 3.36. The lowest BCUT2D eigenvalue weighted by Crippen LogP contribution is -2.27. The summed E-state index contributed by atoms with van der Waals surface area (Å²) < 4.78 is 0. The van der Waals surface area contributed by atoms with Crippen LogP contribution in [0.3, 0.4) is 0 Å². The van der Waals surface area contributed by atoms with E-state index in [-0.39, 0.29) is 0 Å². The van der Waals surface area contributed by atoms with Crippen LogP contribution in [0.4, 0.5) is 5.82 Å². The summed E-state index contributed by atoms with van der Waals surface area (Å²) in [4.78, 5) is 7.27. The van der Waals surface area contributed by atoms with E-state index in [1.807, 2.05) is 0 Å². The molecule has 1 saturated carbocycles. The van der Waals surface area contributed by atoms with Gasteiger partial charge in [-0.3, -0.25) is 0 Å². The predicted molar refractivity (Wildman–Crippen MR) is 77.0 cm³/mol. The minimum absolute atomic E-state index is 0.747. The number of aryl methyl sites for hydroxylation is 1. The van der Waals surface area contributed by atoms with E-state index in [9.17, 15) is 0 Å². The molecule has 0 atom stereocenters. The number of hydrogen-bond acceptors (Lipinski definition) is 3. The van der Waals surface area contributed by atoms with E-state index in [1.54, 1.807) is 0 Å². The summed E-state index contributed by atoms with van der Waals surface area (Å²) in [5.41, 5.74) is 2.48. The third kappa shape index (κ3) is 3.22. The number of hydrogen-bond donors (Lipinski definition) is 1. The van der Waals surface area contributed by atoms with Crippen molar-refractivity contribution in [3.63, 3.8) is 0 Å². The van der Waals surface area contributed by atoms with Crippen LogP contribution in [0.5, 0.6) is 0 Å². The van der Waals surface area contributed by atoms with Crippen LogP contribution in [0, 0.1) is 6.92 Å². The van der Waals surface area contributed by atoms with Gasteiger partial charge in [-0.2, -0.15) is 0 Å². The Hall–Kier alpha value is -1.09. The average Bonchev–Trinajstić information content (AvgIpc) is 3.19. The minimum Gasteiger partial charge on any atom is -0.354 e. The van der Waals surface area contributed by atoms with E-state index in [2.05, 4.69) is 43.1 Å². The third-order valence-corrected chi connectivity index (χ3v) is 3.49. The first kappa shape index (κ1) is 13.3. The SMILES string of the molecule is CCCN(c1ccc(CNCC)c(C)n1)C1CC1. The van der Waals surface area contributed by atoms with Crippen molar-refractivity contribution in [3.8, 4) is 0 Å². The van der Waals surface area contributed by atoms with Gasteiger partial charge in [0.2, 0.25) is 0 Å². The molecule has 0 aromatic carbocycles. The molecule has 0 saturated heterocycles. The number of aromatic nitrogens is 1. The molecule has 3 nitrogen and oxygen atoms in total. The van der Waals surface area contributed by atoms with Crippen molar-refractivity contribution in [1.82, 2.24) is 10.3 Å². The van der Waals surface area contributed by atoms with Crippen molar-refractivity contribution >= 4 is 5.82 Å². The maximum absolute atomic E-state index is 4.79. The second kappa shape index (κ2) is 6.19. The molecule has 1 aliphatic carbocycles. The quantitative estimate of drug-likeness (QED) is 0.803. The van der Waals surface area contributed by atoms with Crippen LogP contribution in [0.1, 0.15) is 44.4 Å². The fraction of sp³-hybridized carbons (Fsp3) is 0.667. The average molecular weight is 247 g/mol. The summed E-state index contributed by atoms with van der Waals surface area (Å²) in [7, 11) is 0. The first-order valence-corrected chi connectivity index (χ1v) is 7.20. The molecule has 0 amide bonds. The Morgan fingerprint density at radius 3 is 2.67 bits per heavy atom. The van der Waals surface area contributed by atoms with E-state index in [1.165, 1.54) is 24.8 Å². The Labute approximate surface area is 111 Å². The number of nitrogens with one attached hydrogen (secondary N) is 1. The van der Waals surface area contributed by atoms with E-state index in [0.29, 0.717) is 0 Å². The van der Waals surface area contributed by atoms with Gasteiger partial charge in [-0.15, -0.1) is 0 Å². The minimum atomic E-state index is 0.747. The Morgan fingerprint density at radius 2 is 2.11 bits per heavy atom. The first-order chi connectivity index (χ1) is 8.76. The number of rotatable bonds is 7. The fourth-order valence-electron chi connectivity index (χ4n) is 2.29. The normalized spacial score (nSPS) is 14.8. The molecule has 1 aromatic rings. The molecule has 0 spiro atoms. The molecule has 3 heteroatoms. The Morgan fingerprint density at radius 1 is 1.33 bits per heavy atom. The van der Waals surface area contributed by atoms with Crippen molar-refractivity contribution in [2.75, 3.05) is 18.0 Å². The molecule has 2 rings (SSSR count). The van der Waals surface area contributed by atoms with E-state index < -0.39 is 0 Å². The maximum atomic E-state index is 4.79. The van der Waals surface area contributed by atoms with E-state index >= 15 is 0 Å². The van der Waals surface area contributed by atoms with Crippen molar-refractivity contribution in [3.05, 3.63) is 23.4 Å². The number of anilines is 1. The van der Waals surface area contributed by atoms with Gasteiger partial charge < -0.3 is 10.2 Å². The summed E-state index contributed by atoms with van der Waals surface area (Å²) in [6.07, 6.45) is 3.86. The maximum Gasteiger partial charge on any atom is 0.129 e. The highest BCUT2D eigenvalue weighted by Gasteiger charge is 2.29. The molecule has 0 aliphatic heterocycles. The number of nitrogens with zero attached hydrogens (tertiary/aromatic N) is 2. The molecule has 1 aliphatic rings. The topological polar surface area (TPSA) is 28.2 Å². The highest BCUT2D eigenvalue weighted by molar-refractivity contribution is 5.44. The first-order valence-electron chi connectivity index (χ1n) is 7.20. The molecule has 100 valence electrons. The molecular weight excluding hydrogens is 222 g/mol. The molecule has 0 unspecified atom stereocenters. The Balaban J connectivity index is 2.10. The lowest BCUT2D eigenvalue weighted by atomic mass is 10.2. The lowest BCUT2D eigenvalue weighted by molar-refractivity contribution is 0.714. The van der Waals surface area contributed by atoms with Gasteiger partial charge in [0.15, 0.2) is 0 Å². The van der Waals surface area contributed by atoms with Gasteiger partial charge in [-0.05, 0) is 44.4 Å². The van der Waals surface area contributed by atoms with Crippen molar-refractivity contribution in [1.29, 1.82) is 0 Å². The standard InChI is InChI=1S/C15H25N3/c1-4-10-18(14-7-8-14)15-9-6-13(11-16-5-2)12(3)17-15/h6,9,14,16H,4-5,7-8,10-11H2,1-3H3. The van der Waals surface area contributed by atoms with E-state index in [0.717, 1.165) is 37.2 Å². The van der Waals surface area contributed by atoms with Crippen molar-refractivity contribution in [2.45, 2.75) is 52.6 Å².